The Balaban J connectivity index is 1.90. The second kappa shape index (κ2) is 8.69. The average molecular weight is 383 g/mol. The number of carbonyl (C=O) groups excluding carboxylic acids is 2. The van der Waals surface area contributed by atoms with Crippen LogP contribution >= 0.6 is 23.2 Å². The molecule has 6 nitrogen and oxygen atoms in total. The van der Waals surface area contributed by atoms with Crippen LogP contribution in [0, 0.1) is 0 Å². The lowest BCUT2D eigenvalue weighted by Gasteiger charge is -2.18. The molecular weight excluding hydrogens is 367 g/mol. The minimum Gasteiger partial charge on any atom is -0.479 e. The summed E-state index contributed by atoms with van der Waals surface area (Å²) in [6, 6.07) is 9.84. The number of nitrogens with zero attached hydrogens (tertiary/aromatic N) is 1. The molecule has 0 aliphatic carbocycles. The van der Waals surface area contributed by atoms with Gasteiger partial charge in [-0.05, 0) is 44.2 Å². The van der Waals surface area contributed by atoms with Gasteiger partial charge in [-0.3, -0.25) is 4.79 Å². The fourth-order valence-corrected chi connectivity index (χ4v) is 2.18. The SMILES string of the molecule is CC(OC(=O)C(C)Oc1cccc(Cl)c1)C(=O)Nc1cccnc1Cl. The number of aromatic nitrogens is 1. The van der Waals surface area contributed by atoms with E-state index in [-0.39, 0.29) is 5.15 Å². The van der Waals surface area contributed by atoms with Crippen LogP contribution in [0.15, 0.2) is 42.6 Å². The predicted octanol–water partition coefficient (Wildman–Crippen LogP) is 3.73. The van der Waals surface area contributed by atoms with Gasteiger partial charge in [0.15, 0.2) is 17.4 Å². The van der Waals surface area contributed by atoms with E-state index >= 15 is 0 Å². The van der Waals surface area contributed by atoms with Crippen molar-refractivity contribution in [3.8, 4) is 5.75 Å². The van der Waals surface area contributed by atoms with Crippen molar-refractivity contribution in [2.45, 2.75) is 26.1 Å². The third kappa shape index (κ3) is 5.62. The van der Waals surface area contributed by atoms with Gasteiger partial charge in [0.1, 0.15) is 5.75 Å². The van der Waals surface area contributed by atoms with E-state index in [1.165, 1.54) is 20.0 Å². The molecule has 1 heterocycles. The Labute approximate surface area is 155 Å². The van der Waals surface area contributed by atoms with Crippen molar-refractivity contribution < 1.29 is 19.1 Å². The summed E-state index contributed by atoms with van der Waals surface area (Å²) < 4.78 is 10.6. The highest BCUT2D eigenvalue weighted by Gasteiger charge is 2.23. The summed E-state index contributed by atoms with van der Waals surface area (Å²) in [7, 11) is 0. The molecule has 0 radical (unpaired) electrons. The highest BCUT2D eigenvalue weighted by molar-refractivity contribution is 6.32. The predicted molar refractivity (Wildman–Crippen MR) is 95.0 cm³/mol. The maximum absolute atomic E-state index is 12.1. The van der Waals surface area contributed by atoms with Crippen molar-refractivity contribution in [3.63, 3.8) is 0 Å². The number of nitrogens with one attached hydrogen (secondary N) is 1. The Kier molecular flexibility index (Phi) is 6.61. The third-order valence-electron chi connectivity index (χ3n) is 3.12. The zero-order valence-electron chi connectivity index (χ0n) is 13.5. The zero-order valence-corrected chi connectivity index (χ0v) is 15.0. The van der Waals surface area contributed by atoms with Crippen LogP contribution in [0.4, 0.5) is 5.69 Å². The Morgan fingerprint density at radius 1 is 1.12 bits per heavy atom. The topological polar surface area (TPSA) is 77.5 Å². The first-order valence-electron chi connectivity index (χ1n) is 7.41. The van der Waals surface area contributed by atoms with Gasteiger partial charge in [-0.15, -0.1) is 0 Å². The molecule has 0 spiro atoms. The zero-order chi connectivity index (χ0) is 18.4. The van der Waals surface area contributed by atoms with Gasteiger partial charge in [-0.1, -0.05) is 29.3 Å². The van der Waals surface area contributed by atoms with E-state index in [4.69, 9.17) is 32.7 Å². The molecule has 132 valence electrons. The van der Waals surface area contributed by atoms with Gasteiger partial charge in [-0.25, -0.2) is 9.78 Å². The first kappa shape index (κ1) is 19.0. The van der Waals surface area contributed by atoms with E-state index < -0.39 is 24.1 Å². The van der Waals surface area contributed by atoms with Gasteiger partial charge in [0, 0.05) is 11.2 Å². The molecule has 0 bridgehead atoms. The summed E-state index contributed by atoms with van der Waals surface area (Å²) in [6.45, 7) is 2.97. The molecule has 8 heteroatoms. The molecule has 0 aliphatic heterocycles. The van der Waals surface area contributed by atoms with Crippen LogP contribution in [0.3, 0.4) is 0 Å². The first-order valence-corrected chi connectivity index (χ1v) is 8.16. The number of esters is 1. The number of halogens is 2. The molecule has 0 aliphatic rings. The number of rotatable bonds is 6. The number of anilines is 1. The Morgan fingerprint density at radius 2 is 1.88 bits per heavy atom. The number of carbonyl (C=O) groups is 2. The van der Waals surface area contributed by atoms with Crippen molar-refractivity contribution in [2.75, 3.05) is 5.32 Å². The van der Waals surface area contributed by atoms with Crippen LogP contribution in [-0.2, 0) is 14.3 Å². The molecule has 0 saturated carbocycles. The van der Waals surface area contributed by atoms with E-state index in [1.807, 2.05) is 0 Å². The monoisotopic (exact) mass is 382 g/mol. The van der Waals surface area contributed by atoms with Crippen LogP contribution in [0.5, 0.6) is 5.75 Å². The van der Waals surface area contributed by atoms with E-state index in [0.29, 0.717) is 16.5 Å². The molecule has 2 aromatic rings. The molecule has 2 atom stereocenters. The molecule has 0 saturated heterocycles. The molecular formula is C17H16Cl2N2O4. The quantitative estimate of drug-likeness (QED) is 0.608. The number of amides is 1. The summed E-state index contributed by atoms with van der Waals surface area (Å²) in [5.74, 6) is -0.783. The molecule has 0 fully saturated rings. The minimum atomic E-state index is -1.03. The van der Waals surface area contributed by atoms with Gasteiger partial charge in [0.2, 0.25) is 0 Å². The summed E-state index contributed by atoms with van der Waals surface area (Å²) in [6.07, 6.45) is -0.444. The first-order chi connectivity index (χ1) is 11.9. The van der Waals surface area contributed by atoms with E-state index in [1.54, 1.807) is 36.4 Å². The molecule has 25 heavy (non-hydrogen) atoms. The summed E-state index contributed by atoms with van der Waals surface area (Å²) in [5.41, 5.74) is 0.334. The van der Waals surface area contributed by atoms with Crippen LogP contribution in [-0.4, -0.2) is 29.1 Å². The molecule has 1 aromatic heterocycles. The van der Waals surface area contributed by atoms with Crippen LogP contribution in [0.25, 0.3) is 0 Å². The second-order valence-electron chi connectivity index (χ2n) is 5.13. The van der Waals surface area contributed by atoms with Gasteiger partial charge < -0.3 is 14.8 Å². The molecule has 1 amide bonds. The van der Waals surface area contributed by atoms with Gasteiger partial charge >= 0.3 is 5.97 Å². The maximum atomic E-state index is 12.1. The van der Waals surface area contributed by atoms with E-state index in [9.17, 15) is 9.59 Å². The van der Waals surface area contributed by atoms with Crippen molar-refractivity contribution in [1.82, 2.24) is 4.98 Å². The molecule has 2 rings (SSSR count). The van der Waals surface area contributed by atoms with Crippen molar-refractivity contribution in [2.24, 2.45) is 0 Å². The summed E-state index contributed by atoms with van der Waals surface area (Å²) >= 11 is 11.7. The Bertz CT molecular complexity index is 770. The number of benzene rings is 1. The van der Waals surface area contributed by atoms with Crippen LogP contribution < -0.4 is 10.1 Å². The number of ether oxygens (including phenoxy) is 2. The number of hydrogen-bond donors (Lipinski definition) is 1. The van der Waals surface area contributed by atoms with Crippen molar-refractivity contribution in [1.29, 1.82) is 0 Å². The van der Waals surface area contributed by atoms with Gasteiger partial charge in [0.05, 0.1) is 5.69 Å². The molecule has 1 aromatic carbocycles. The highest BCUT2D eigenvalue weighted by atomic mass is 35.5. The highest BCUT2D eigenvalue weighted by Crippen LogP contribution is 2.20. The average Bonchev–Trinajstić information content (AvgIpc) is 2.56. The maximum Gasteiger partial charge on any atom is 0.347 e. The lowest BCUT2D eigenvalue weighted by molar-refractivity contribution is -0.159. The van der Waals surface area contributed by atoms with E-state index in [0.717, 1.165) is 0 Å². The Hall–Kier alpha value is -2.31. The van der Waals surface area contributed by atoms with Gasteiger partial charge in [0.25, 0.3) is 5.91 Å². The summed E-state index contributed by atoms with van der Waals surface area (Å²) in [5, 5.41) is 3.17. The largest absolute Gasteiger partial charge is 0.479 e. The van der Waals surface area contributed by atoms with Gasteiger partial charge in [-0.2, -0.15) is 0 Å². The van der Waals surface area contributed by atoms with Crippen LogP contribution in [0.2, 0.25) is 10.2 Å². The Morgan fingerprint density at radius 3 is 2.56 bits per heavy atom. The molecule has 2 unspecified atom stereocenters. The van der Waals surface area contributed by atoms with Crippen molar-refractivity contribution in [3.05, 3.63) is 52.8 Å². The standard InChI is InChI=1S/C17H16Cl2N2O4/c1-10(16(22)21-14-7-4-8-20-15(14)19)25-17(23)11(2)24-13-6-3-5-12(18)9-13/h3-11H,1-2H3,(H,21,22). The van der Waals surface area contributed by atoms with Crippen molar-refractivity contribution >= 4 is 40.8 Å². The lowest BCUT2D eigenvalue weighted by Crippen LogP contribution is -2.35. The van der Waals surface area contributed by atoms with E-state index in [2.05, 4.69) is 10.3 Å². The normalized spacial score (nSPS) is 12.8. The van der Waals surface area contributed by atoms with Crippen LogP contribution in [0.1, 0.15) is 13.8 Å². The smallest absolute Gasteiger partial charge is 0.347 e. The fraction of sp³-hybridized carbons (Fsp3) is 0.235. The third-order valence-corrected chi connectivity index (χ3v) is 3.66. The minimum absolute atomic E-state index is 0.145. The number of pyridine rings is 1. The summed E-state index contributed by atoms with van der Waals surface area (Å²) in [4.78, 5) is 28.0. The number of hydrogen-bond acceptors (Lipinski definition) is 5. The lowest BCUT2D eigenvalue weighted by atomic mass is 10.3. The fourth-order valence-electron chi connectivity index (χ4n) is 1.83. The second-order valence-corrected chi connectivity index (χ2v) is 5.92. The molecule has 1 N–H and O–H groups in total.